The van der Waals surface area contributed by atoms with E-state index >= 15 is 0 Å². The Labute approximate surface area is 143 Å². The minimum Gasteiger partial charge on any atom is -0.461 e. The number of amides is 2. The minimum atomic E-state index is -0.170. The van der Waals surface area contributed by atoms with Crippen LogP contribution in [0.25, 0.3) is 0 Å². The summed E-state index contributed by atoms with van der Waals surface area (Å²) in [6.45, 7) is 6.06. The molecule has 0 spiro atoms. The highest BCUT2D eigenvalue weighted by molar-refractivity contribution is 5.75. The van der Waals surface area contributed by atoms with Gasteiger partial charge in [-0.25, -0.2) is 4.79 Å². The SMILES string of the molecule is COCc1ccc([C@@H]2CCCN2C(=O)N[C@@H]2CCOC(C)(C)C2)o1. The molecule has 0 unspecified atom stereocenters. The number of rotatable bonds is 4. The van der Waals surface area contributed by atoms with E-state index in [0.717, 1.165) is 43.7 Å². The van der Waals surface area contributed by atoms with Crippen LogP contribution in [0.1, 0.15) is 57.1 Å². The molecule has 0 aromatic carbocycles. The predicted octanol–water partition coefficient (Wildman–Crippen LogP) is 3.23. The lowest BCUT2D eigenvalue weighted by Gasteiger charge is -2.37. The van der Waals surface area contributed by atoms with Gasteiger partial charge in [0.15, 0.2) is 0 Å². The summed E-state index contributed by atoms with van der Waals surface area (Å²) in [6, 6.07) is 4.08. The van der Waals surface area contributed by atoms with Crippen LogP contribution in [0.3, 0.4) is 0 Å². The fraction of sp³-hybridized carbons (Fsp3) is 0.722. The highest BCUT2D eigenvalue weighted by Crippen LogP contribution is 2.33. The van der Waals surface area contributed by atoms with Gasteiger partial charge in [0.2, 0.25) is 0 Å². The zero-order chi connectivity index (χ0) is 17.2. The standard InChI is InChI=1S/C18H28N2O4/c1-18(2)11-13(8-10-23-18)19-17(21)20-9-4-5-15(20)16-7-6-14(24-16)12-22-3/h6-7,13,15H,4-5,8-12H2,1-3H3,(H,19,21)/t13-,15+/m1/s1. The van der Waals surface area contributed by atoms with Gasteiger partial charge in [-0.15, -0.1) is 0 Å². The second-order valence-corrected chi connectivity index (χ2v) is 7.34. The molecule has 1 aromatic heterocycles. The van der Waals surface area contributed by atoms with Crippen molar-refractivity contribution in [3.05, 3.63) is 23.7 Å². The van der Waals surface area contributed by atoms with E-state index in [0.29, 0.717) is 13.2 Å². The molecule has 2 amide bonds. The number of ether oxygens (including phenoxy) is 2. The van der Waals surface area contributed by atoms with Crippen molar-refractivity contribution in [1.29, 1.82) is 0 Å². The molecule has 24 heavy (non-hydrogen) atoms. The Morgan fingerprint density at radius 2 is 2.25 bits per heavy atom. The van der Waals surface area contributed by atoms with E-state index in [1.54, 1.807) is 7.11 Å². The minimum absolute atomic E-state index is 0.00453. The third-order valence-electron chi connectivity index (χ3n) is 4.84. The molecule has 134 valence electrons. The van der Waals surface area contributed by atoms with Crippen LogP contribution in [0, 0.1) is 0 Å². The normalized spacial score (nSPS) is 26.5. The Hall–Kier alpha value is -1.53. The van der Waals surface area contributed by atoms with Gasteiger partial charge < -0.3 is 24.1 Å². The van der Waals surface area contributed by atoms with Gasteiger partial charge in [-0.3, -0.25) is 0 Å². The third-order valence-corrected chi connectivity index (χ3v) is 4.84. The van der Waals surface area contributed by atoms with E-state index in [1.165, 1.54) is 0 Å². The summed E-state index contributed by atoms with van der Waals surface area (Å²) in [5.74, 6) is 1.65. The summed E-state index contributed by atoms with van der Waals surface area (Å²) >= 11 is 0. The maximum Gasteiger partial charge on any atom is 0.318 e. The summed E-state index contributed by atoms with van der Waals surface area (Å²) < 4.78 is 16.7. The molecule has 2 fully saturated rings. The van der Waals surface area contributed by atoms with Gasteiger partial charge in [0, 0.05) is 26.3 Å². The van der Waals surface area contributed by atoms with E-state index < -0.39 is 0 Å². The van der Waals surface area contributed by atoms with Crippen LogP contribution >= 0.6 is 0 Å². The van der Waals surface area contributed by atoms with Gasteiger partial charge in [0.25, 0.3) is 0 Å². The van der Waals surface area contributed by atoms with Gasteiger partial charge in [0.05, 0.1) is 11.6 Å². The topological polar surface area (TPSA) is 63.9 Å². The van der Waals surface area contributed by atoms with E-state index in [4.69, 9.17) is 13.9 Å². The second kappa shape index (κ2) is 7.15. The molecule has 0 radical (unpaired) electrons. The molecular weight excluding hydrogens is 308 g/mol. The van der Waals surface area contributed by atoms with Crippen molar-refractivity contribution < 1.29 is 18.7 Å². The van der Waals surface area contributed by atoms with Crippen LogP contribution in [-0.2, 0) is 16.1 Å². The van der Waals surface area contributed by atoms with E-state index in [1.807, 2.05) is 17.0 Å². The molecule has 0 aliphatic carbocycles. The quantitative estimate of drug-likeness (QED) is 0.917. The summed E-state index contributed by atoms with van der Waals surface area (Å²) in [5.41, 5.74) is -0.170. The highest BCUT2D eigenvalue weighted by Gasteiger charge is 2.35. The number of likely N-dealkylation sites (tertiary alicyclic amines) is 1. The molecule has 0 saturated carbocycles. The van der Waals surface area contributed by atoms with Crippen LogP contribution in [-0.4, -0.2) is 42.8 Å². The van der Waals surface area contributed by atoms with Crippen LogP contribution in [0.15, 0.2) is 16.5 Å². The number of urea groups is 1. The summed E-state index contributed by atoms with van der Waals surface area (Å²) in [7, 11) is 1.65. The molecule has 2 saturated heterocycles. The van der Waals surface area contributed by atoms with Gasteiger partial charge >= 0.3 is 6.03 Å². The Morgan fingerprint density at radius 1 is 1.42 bits per heavy atom. The van der Waals surface area contributed by atoms with Crippen LogP contribution in [0.4, 0.5) is 4.79 Å². The highest BCUT2D eigenvalue weighted by atomic mass is 16.5. The maximum absolute atomic E-state index is 12.7. The molecule has 2 aliphatic rings. The summed E-state index contributed by atoms with van der Waals surface area (Å²) in [4.78, 5) is 14.6. The number of nitrogens with one attached hydrogen (secondary N) is 1. The zero-order valence-electron chi connectivity index (χ0n) is 14.8. The lowest BCUT2D eigenvalue weighted by Crippen LogP contribution is -2.49. The molecule has 3 rings (SSSR count). The largest absolute Gasteiger partial charge is 0.461 e. The number of furan rings is 1. The number of nitrogens with zero attached hydrogens (tertiary/aromatic N) is 1. The number of carbonyl (C=O) groups excluding carboxylic acids is 1. The van der Waals surface area contributed by atoms with Crippen molar-refractivity contribution in [2.75, 3.05) is 20.3 Å². The number of hydrogen-bond donors (Lipinski definition) is 1. The lowest BCUT2D eigenvalue weighted by molar-refractivity contribution is -0.0616. The van der Waals surface area contributed by atoms with E-state index in [-0.39, 0.29) is 23.7 Å². The molecule has 0 bridgehead atoms. The van der Waals surface area contributed by atoms with Crippen molar-refractivity contribution in [1.82, 2.24) is 10.2 Å². The monoisotopic (exact) mass is 336 g/mol. The Morgan fingerprint density at radius 3 is 3.00 bits per heavy atom. The van der Waals surface area contributed by atoms with Crippen LogP contribution < -0.4 is 5.32 Å². The fourth-order valence-electron chi connectivity index (χ4n) is 3.71. The molecule has 6 nitrogen and oxygen atoms in total. The molecular formula is C18H28N2O4. The van der Waals surface area contributed by atoms with Gasteiger partial charge in [-0.1, -0.05) is 0 Å². The van der Waals surface area contributed by atoms with Crippen molar-refractivity contribution >= 4 is 6.03 Å². The predicted molar refractivity (Wildman–Crippen MR) is 89.7 cm³/mol. The van der Waals surface area contributed by atoms with Crippen molar-refractivity contribution in [2.24, 2.45) is 0 Å². The van der Waals surface area contributed by atoms with Gasteiger partial charge in [-0.05, 0) is 51.7 Å². The smallest absolute Gasteiger partial charge is 0.318 e. The van der Waals surface area contributed by atoms with Crippen molar-refractivity contribution in [3.63, 3.8) is 0 Å². The first kappa shape index (κ1) is 17.3. The Kier molecular flexibility index (Phi) is 5.15. The maximum atomic E-state index is 12.7. The molecule has 2 aliphatic heterocycles. The van der Waals surface area contributed by atoms with Crippen molar-refractivity contribution in [2.45, 2.75) is 63.8 Å². The molecule has 3 heterocycles. The number of methoxy groups -OCH3 is 1. The van der Waals surface area contributed by atoms with Crippen LogP contribution in [0.5, 0.6) is 0 Å². The van der Waals surface area contributed by atoms with E-state index in [9.17, 15) is 4.79 Å². The average molecular weight is 336 g/mol. The number of carbonyl (C=O) groups is 1. The first-order valence-electron chi connectivity index (χ1n) is 8.77. The second-order valence-electron chi connectivity index (χ2n) is 7.34. The van der Waals surface area contributed by atoms with Gasteiger partial charge in [-0.2, -0.15) is 0 Å². The average Bonchev–Trinajstić information content (AvgIpc) is 3.14. The lowest BCUT2D eigenvalue weighted by atomic mass is 9.94. The summed E-state index contributed by atoms with van der Waals surface area (Å²) in [6.07, 6.45) is 3.65. The third kappa shape index (κ3) is 3.92. The zero-order valence-corrected chi connectivity index (χ0v) is 14.8. The fourth-order valence-corrected chi connectivity index (χ4v) is 3.71. The van der Waals surface area contributed by atoms with E-state index in [2.05, 4.69) is 19.2 Å². The Balaban J connectivity index is 1.62. The Bertz CT molecular complexity index is 569. The summed E-state index contributed by atoms with van der Waals surface area (Å²) in [5, 5.41) is 3.19. The molecule has 1 aromatic rings. The molecule has 6 heteroatoms. The molecule has 1 N–H and O–H groups in total. The first-order valence-corrected chi connectivity index (χ1v) is 8.77. The van der Waals surface area contributed by atoms with Gasteiger partial charge in [0.1, 0.15) is 18.1 Å². The number of hydrogen-bond acceptors (Lipinski definition) is 4. The molecule has 2 atom stereocenters. The first-order chi connectivity index (χ1) is 11.5. The van der Waals surface area contributed by atoms with Crippen molar-refractivity contribution in [3.8, 4) is 0 Å². The van der Waals surface area contributed by atoms with Crippen LogP contribution in [0.2, 0.25) is 0 Å².